The molecule has 2 amide bonds. The Morgan fingerprint density at radius 3 is 2.58 bits per heavy atom. The molecule has 0 N–H and O–H groups in total. The second-order valence-electron chi connectivity index (χ2n) is 10.3. The largest absolute Gasteiger partial charge is 0.491 e. The molecule has 1 atom stereocenters. The molecule has 1 aromatic heterocycles. The number of fused-ring (bicyclic) bond motifs is 1. The van der Waals surface area contributed by atoms with Gasteiger partial charge in [0.2, 0.25) is 5.91 Å². The van der Waals surface area contributed by atoms with E-state index in [4.69, 9.17) is 16.3 Å². The zero-order valence-electron chi connectivity index (χ0n) is 21.5. The first kappa shape index (κ1) is 26.2. The molecular weight excluding hydrogens is 492 g/mol. The van der Waals surface area contributed by atoms with Crippen molar-refractivity contribution in [1.29, 1.82) is 0 Å². The van der Waals surface area contributed by atoms with Gasteiger partial charge in [-0.15, -0.1) is 11.3 Å². The fraction of sp³-hybridized carbons (Fsp3) is 0.379. The summed E-state index contributed by atoms with van der Waals surface area (Å²) < 4.78 is 6.26. The molecule has 7 heteroatoms. The van der Waals surface area contributed by atoms with E-state index in [2.05, 4.69) is 24.4 Å². The molecule has 0 saturated carbocycles. The van der Waals surface area contributed by atoms with Crippen LogP contribution in [0.15, 0.2) is 53.9 Å². The molecule has 0 spiro atoms. The topological polar surface area (TPSA) is 49.9 Å². The molecule has 0 radical (unpaired) electrons. The quantitative estimate of drug-likeness (QED) is 0.371. The third-order valence-electron chi connectivity index (χ3n) is 6.59. The van der Waals surface area contributed by atoms with Crippen LogP contribution in [0, 0.1) is 13.8 Å². The molecule has 2 aromatic carbocycles. The maximum Gasteiger partial charge on any atom is 0.256 e. The van der Waals surface area contributed by atoms with E-state index in [9.17, 15) is 9.59 Å². The zero-order valence-corrected chi connectivity index (χ0v) is 23.1. The summed E-state index contributed by atoms with van der Waals surface area (Å²) in [5, 5.41) is 2.45. The highest BCUT2D eigenvalue weighted by molar-refractivity contribution is 7.10. The van der Waals surface area contributed by atoms with E-state index in [1.807, 2.05) is 44.7 Å². The van der Waals surface area contributed by atoms with E-state index < -0.39 is 5.54 Å². The molecular formula is C29H33ClN2O3S. The first-order valence-corrected chi connectivity index (χ1v) is 13.4. The molecule has 1 aliphatic heterocycles. The fourth-order valence-corrected chi connectivity index (χ4v) is 5.77. The lowest BCUT2D eigenvalue weighted by atomic mass is 9.99. The van der Waals surface area contributed by atoms with Gasteiger partial charge in [0.1, 0.15) is 18.9 Å². The van der Waals surface area contributed by atoms with Gasteiger partial charge in [-0.05, 0) is 81.8 Å². The molecule has 4 rings (SSSR count). The number of amides is 2. The Balaban J connectivity index is 1.58. The third kappa shape index (κ3) is 5.60. The second-order valence-corrected chi connectivity index (χ2v) is 11.7. The molecule has 1 unspecified atom stereocenters. The summed E-state index contributed by atoms with van der Waals surface area (Å²) in [6, 6.07) is 15.0. The van der Waals surface area contributed by atoms with E-state index in [1.165, 1.54) is 10.4 Å². The molecule has 0 bridgehead atoms. The van der Waals surface area contributed by atoms with Gasteiger partial charge in [-0.25, -0.2) is 0 Å². The summed E-state index contributed by atoms with van der Waals surface area (Å²) in [5.41, 5.74) is 3.21. The van der Waals surface area contributed by atoms with E-state index in [1.54, 1.807) is 40.5 Å². The molecule has 2 heterocycles. The van der Waals surface area contributed by atoms with Gasteiger partial charge in [0.05, 0.1) is 16.6 Å². The van der Waals surface area contributed by atoms with Crippen LogP contribution < -0.4 is 4.74 Å². The molecule has 190 valence electrons. The van der Waals surface area contributed by atoms with Crippen molar-refractivity contribution in [3.8, 4) is 5.75 Å². The number of nitrogens with zero attached hydrogens (tertiary/aromatic N) is 2. The van der Waals surface area contributed by atoms with Crippen molar-refractivity contribution in [3.63, 3.8) is 0 Å². The Morgan fingerprint density at radius 2 is 1.89 bits per heavy atom. The van der Waals surface area contributed by atoms with Gasteiger partial charge in [0, 0.05) is 17.0 Å². The standard InChI is InChI=1S/C29H33ClN2O3S/c1-19-10-11-25(20(2)16-19)35-18-24-22-13-15-36-26(22)12-14-31(24)27(33)17-32(29(3,4)5)28(34)21-8-6-7-9-23(21)30/h6-11,13,15-16,24H,12,14,17-18H2,1-5H3. The van der Waals surface area contributed by atoms with Gasteiger partial charge in [-0.2, -0.15) is 0 Å². The van der Waals surface area contributed by atoms with Gasteiger partial charge in [0.15, 0.2) is 0 Å². The molecule has 0 saturated heterocycles. The van der Waals surface area contributed by atoms with Gasteiger partial charge in [0.25, 0.3) is 5.91 Å². The normalized spacial score (nSPS) is 15.4. The van der Waals surface area contributed by atoms with Crippen molar-refractivity contribution in [3.05, 3.63) is 86.1 Å². The van der Waals surface area contributed by atoms with Crippen molar-refractivity contribution in [2.45, 2.75) is 52.6 Å². The van der Waals surface area contributed by atoms with Crippen molar-refractivity contribution in [2.75, 3.05) is 19.7 Å². The van der Waals surface area contributed by atoms with Crippen LogP contribution in [0.2, 0.25) is 5.02 Å². The van der Waals surface area contributed by atoms with Gasteiger partial charge in [-0.1, -0.05) is 41.4 Å². The van der Waals surface area contributed by atoms with Gasteiger partial charge in [-0.3, -0.25) is 9.59 Å². The monoisotopic (exact) mass is 524 g/mol. The van der Waals surface area contributed by atoms with Crippen LogP contribution in [-0.2, 0) is 11.2 Å². The average molecular weight is 525 g/mol. The molecule has 0 fully saturated rings. The number of aryl methyl sites for hydroxylation is 2. The maximum absolute atomic E-state index is 13.8. The first-order valence-electron chi connectivity index (χ1n) is 12.2. The number of hydrogen-bond acceptors (Lipinski definition) is 4. The van der Waals surface area contributed by atoms with Gasteiger partial charge >= 0.3 is 0 Å². The minimum Gasteiger partial charge on any atom is -0.491 e. The SMILES string of the molecule is Cc1ccc(OCC2c3ccsc3CCN2C(=O)CN(C(=O)c2ccccc2Cl)C(C)(C)C)c(C)c1. The molecule has 0 aliphatic carbocycles. The summed E-state index contributed by atoms with van der Waals surface area (Å²) in [6.45, 7) is 10.8. The summed E-state index contributed by atoms with van der Waals surface area (Å²) in [5.74, 6) is 0.467. The maximum atomic E-state index is 13.8. The van der Waals surface area contributed by atoms with Crippen molar-refractivity contribution < 1.29 is 14.3 Å². The minimum atomic E-state index is -0.569. The number of rotatable bonds is 6. The highest BCUT2D eigenvalue weighted by atomic mass is 35.5. The van der Waals surface area contributed by atoms with Crippen LogP contribution in [-0.4, -0.2) is 46.8 Å². The molecule has 36 heavy (non-hydrogen) atoms. The van der Waals surface area contributed by atoms with Crippen LogP contribution in [0.25, 0.3) is 0 Å². The summed E-state index contributed by atoms with van der Waals surface area (Å²) in [7, 11) is 0. The van der Waals surface area contributed by atoms with E-state index in [-0.39, 0.29) is 24.4 Å². The summed E-state index contributed by atoms with van der Waals surface area (Å²) in [4.78, 5) is 32.1. The van der Waals surface area contributed by atoms with Gasteiger partial charge < -0.3 is 14.5 Å². The number of halogens is 1. The van der Waals surface area contributed by atoms with Crippen LogP contribution in [0.4, 0.5) is 0 Å². The average Bonchev–Trinajstić information content (AvgIpc) is 3.30. The Hall–Kier alpha value is -2.83. The smallest absolute Gasteiger partial charge is 0.256 e. The highest BCUT2D eigenvalue weighted by Crippen LogP contribution is 2.35. The highest BCUT2D eigenvalue weighted by Gasteiger charge is 2.36. The molecule has 3 aromatic rings. The number of thiophene rings is 1. The van der Waals surface area contributed by atoms with Crippen LogP contribution in [0.5, 0.6) is 5.75 Å². The van der Waals surface area contributed by atoms with Crippen LogP contribution in [0.3, 0.4) is 0 Å². The van der Waals surface area contributed by atoms with E-state index >= 15 is 0 Å². The lowest BCUT2D eigenvalue weighted by molar-refractivity contribution is -0.136. The minimum absolute atomic E-state index is 0.0346. The predicted octanol–water partition coefficient (Wildman–Crippen LogP) is 6.46. The molecule has 5 nitrogen and oxygen atoms in total. The number of benzene rings is 2. The van der Waals surface area contributed by atoms with Crippen molar-refractivity contribution >= 4 is 34.8 Å². The van der Waals surface area contributed by atoms with Crippen LogP contribution in [0.1, 0.15) is 58.7 Å². The summed E-state index contributed by atoms with van der Waals surface area (Å²) >= 11 is 8.05. The van der Waals surface area contributed by atoms with Crippen LogP contribution >= 0.6 is 22.9 Å². The summed E-state index contributed by atoms with van der Waals surface area (Å²) in [6.07, 6.45) is 0.798. The third-order valence-corrected chi connectivity index (χ3v) is 7.92. The lowest BCUT2D eigenvalue weighted by Gasteiger charge is -2.40. The Kier molecular flexibility index (Phi) is 7.76. The predicted molar refractivity (Wildman–Crippen MR) is 146 cm³/mol. The first-order chi connectivity index (χ1) is 17.1. The fourth-order valence-electron chi connectivity index (χ4n) is 4.62. The number of carbonyl (C=O) groups excluding carboxylic acids is 2. The van der Waals surface area contributed by atoms with Crippen molar-refractivity contribution in [1.82, 2.24) is 9.80 Å². The lowest BCUT2D eigenvalue weighted by Crippen LogP contribution is -2.53. The number of hydrogen-bond donors (Lipinski definition) is 0. The molecule has 1 aliphatic rings. The zero-order chi connectivity index (χ0) is 26.0. The number of carbonyl (C=O) groups is 2. The van der Waals surface area contributed by atoms with E-state index in [0.717, 1.165) is 23.3 Å². The Labute approximate surface area is 222 Å². The van der Waals surface area contributed by atoms with E-state index in [0.29, 0.717) is 23.7 Å². The second kappa shape index (κ2) is 10.7. The number of ether oxygens (including phenoxy) is 1. The van der Waals surface area contributed by atoms with Crippen molar-refractivity contribution in [2.24, 2.45) is 0 Å². The Bertz CT molecular complexity index is 1260. The Morgan fingerprint density at radius 1 is 1.14 bits per heavy atom.